The summed E-state index contributed by atoms with van der Waals surface area (Å²) in [7, 11) is 0. The smallest absolute Gasteiger partial charge is 0.164 e. The Morgan fingerprint density at radius 3 is 1.40 bits per heavy atom. The fourth-order valence-electron chi connectivity index (χ4n) is 6.96. The van der Waals surface area contributed by atoms with Gasteiger partial charge in [-0.25, -0.2) is 19.9 Å². The molecule has 0 aliphatic carbocycles. The molecule has 6 heteroatoms. The van der Waals surface area contributed by atoms with Gasteiger partial charge in [0.05, 0.1) is 22.1 Å². The Morgan fingerprint density at radius 1 is 0.358 bits per heavy atom. The van der Waals surface area contributed by atoms with Gasteiger partial charge in [0.15, 0.2) is 17.5 Å². The van der Waals surface area contributed by atoms with Crippen molar-refractivity contribution in [3.63, 3.8) is 0 Å². The molecule has 4 aromatic heterocycles. The molecule has 4 heterocycles. The summed E-state index contributed by atoms with van der Waals surface area (Å²) < 4.78 is 2.45. The van der Waals surface area contributed by atoms with E-state index in [1.54, 1.807) is 11.3 Å². The highest BCUT2D eigenvalue weighted by molar-refractivity contribution is 7.26. The molecular formula is C47H29N5S. The molecule has 0 saturated heterocycles. The Hall–Kier alpha value is -6.89. The van der Waals surface area contributed by atoms with Crippen LogP contribution in [0.3, 0.4) is 0 Å². The van der Waals surface area contributed by atoms with Gasteiger partial charge in [0.25, 0.3) is 0 Å². The van der Waals surface area contributed by atoms with Crippen molar-refractivity contribution in [3.05, 3.63) is 176 Å². The van der Waals surface area contributed by atoms with Gasteiger partial charge in [0, 0.05) is 49.3 Å². The minimum Gasteiger partial charge on any atom is -0.262 e. The summed E-state index contributed by atoms with van der Waals surface area (Å²) in [5, 5.41) is 3.63. The van der Waals surface area contributed by atoms with Crippen LogP contribution in [0, 0.1) is 0 Å². The van der Waals surface area contributed by atoms with Crippen molar-refractivity contribution in [1.82, 2.24) is 24.9 Å². The van der Waals surface area contributed by atoms with Crippen molar-refractivity contribution in [1.29, 1.82) is 0 Å². The number of rotatable bonds is 6. The van der Waals surface area contributed by atoms with Gasteiger partial charge in [-0.05, 0) is 34.4 Å². The molecule has 0 spiro atoms. The number of nitrogens with zero attached hydrogens (tertiary/aromatic N) is 5. The van der Waals surface area contributed by atoms with E-state index in [4.69, 9.17) is 19.9 Å². The molecule has 10 rings (SSSR count). The average molecular weight is 696 g/mol. The third-order valence-corrected chi connectivity index (χ3v) is 10.8. The summed E-state index contributed by atoms with van der Waals surface area (Å²) in [5.41, 5.74) is 10.3. The van der Waals surface area contributed by atoms with Crippen molar-refractivity contribution >= 4 is 42.4 Å². The van der Waals surface area contributed by atoms with Gasteiger partial charge in [0.1, 0.15) is 0 Å². The maximum atomic E-state index is 5.12. The van der Waals surface area contributed by atoms with Gasteiger partial charge in [0.2, 0.25) is 0 Å². The predicted octanol–water partition coefficient (Wildman–Crippen LogP) is 12.2. The number of benzene rings is 6. The molecule has 0 fully saturated rings. The molecule has 0 aliphatic rings. The van der Waals surface area contributed by atoms with Crippen LogP contribution in [0.4, 0.5) is 0 Å². The van der Waals surface area contributed by atoms with Crippen molar-refractivity contribution in [2.45, 2.75) is 0 Å². The van der Waals surface area contributed by atoms with E-state index in [1.165, 1.54) is 25.7 Å². The summed E-state index contributed by atoms with van der Waals surface area (Å²) in [5.74, 6) is 1.91. The molecule has 0 saturated carbocycles. The molecule has 53 heavy (non-hydrogen) atoms. The second kappa shape index (κ2) is 13.0. The third-order valence-electron chi connectivity index (χ3n) is 9.66. The summed E-state index contributed by atoms with van der Waals surface area (Å²) in [6.07, 6.45) is 3.71. The Bertz CT molecular complexity index is 2900. The Morgan fingerprint density at radius 2 is 0.811 bits per heavy atom. The quantitative estimate of drug-likeness (QED) is 0.173. The minimum atomic E-state index is 0.632. The number of pyridine rings is 2. The van der Waals surface area contributed by atoms with E-state index in [-0.39, 0.29) is 0 Å². The zero-order chi connectivity index (χ0) is 35.1. The predicted molar refractivity (Wildman–Crippen MR) is 218 cm³/mol. The second-order valence-corrected chi connectivity index (χ2v) is 14.0. The van der Waals surface area contributed by atoms with E-state index in [1.807, 2.05) is 48.8 Å². The minimum absolute atomic E-state index is 0.632. The first kappa shape index (κ1) is 30.9. The Kier molecular flexibility index (Phi) is 7.59. The molecule has 0 amide bonds. The molecule has 0 radical (unpaired) electrons. The van der Waals surface area contributed by atoms with Gasteiger partial charge >= 0.3 is 0 Å². The fraction of sp³-hybridized carbons (Fsp3) is 0. The lowest BCUT2D eigenvalue weighted by molar-refractivity contribution is 1.07. The number of hydrogen-bond donors (Lipinski definition) is 0. The van der Waals surface area contributed by atoms with Gasteiger partial charge in [-0.2, -0.15) is 0 Å². The average Bonchev–Trinajstić information content (AvgIpc) is 3.64. The Balaban J connectivity index is 0.989. The molecule has 248 valence electrons. The fourth-order valence-corrected chi connectivity index (χ4v) is 8.19. The van der Waals surface area contributed by atoms with E-state index in [2.05, 4.69) is 132 Å². The maximum Gasteiger partial charge on any atom is 0.164 e. The van der Waals surface area contributed by atoms with Crippen LogP contribution in [-0.4, -0.2) is 24.9 Å². The summed E-state index contributed by atoms with van der Waals surface area (Å²) in [6, 6.07) is 56.7. The highest BCUT2D eigenvalue weighted by Gasteiger charge is 2.17. The highest BCUT2D eigenvalue weighted by Crippen LogP contribution is 2.42. The molecule has 5 nitrogen and oxygen atoms in total. The van der Waals surface area contributed by atoms with E-state index < -0.39 is 0 Å². The highest BCUT2D eigenvalue weighted by atomic mass is 32.1. The maximum absolute atomic E-state index is 5.12. The van der Waals surface area contributed by atoms with Crippen LogP contribution in [0.15, 0.2) is 176 Å². The van der Waals surface area contributed by atoms with E-state index in [0.29, 0.717) is 17.5 Å². The number of aromatic nitrogens is 5. The van der Waals surface area contributed by atoms with Crippen LogP contribution in [0.5, 0.6) is 0 Å². The lowest BCUT2D eigenvalue weighted by Crippen LogP contribution is -2.00. The molecule has 0 unspecified atom stereocenters. The first-order valence-electron chi connectivity index (χ1n) is 17.5. The number of fused-ring (bicyclic) bond motifs is 5. The molecule has 0 atom stereocenters. The van der Waals surface area contributed by atoms with Crippen molar-refractivity contribution in [2.24, 2.45) is 0 Å². The summed E-state index contributed by atoms with van der Waals surface area (Å²) >= 11 is 1.80. The lowest BCUT2D eigenvalue weighted by Gasteiger charge is -2.10. The molecule has 0 aliphatic heterocycles. The summed E-state index contributed by atoms with van der Waals surface area (Å²) in [6.45, 7) is 0. The van der Waals surface area contributed by atoms with E-state index >= 15 is 0 Å². The number of hydrogen-bond acceptors (Lipinski definition) is 6. The molecular weight excluding hydrogens is 667 g/mol. The van der Waals surface area contributed by atoms with Crippen LogP contribution in [-0.2, 0) is 0 Å². The van der Waals surface area contributed by atoms with Gasteiger partial charge in [-0.1, -0.05) is 152 Å². The number of thiophene rings is 1. The first-order chi connectivity index (χ1) is 26.2. The van der Waals surface area contributed by atoms with Crippen molar-refractivity contribution in [3.8, 4) is 67.7 Å². The van der Waals surface area contributed by atoms with Crippen LogP contribution in [0.25, 0.3) is 98.7 Å². The van der Waals surface area contributed by atoms with Crippen LogP contribution < -0.4 is 0 Å². The van der Waals surface area contributed by atoms with Gasteiger partial charge in [-0.15, -0.1) is 11.3 Å². The van der Waals surface area contributed by atoms with Crippen molar-refractivity contribution < 1.29 is 0 Å². The zero-order valence-corrected chi connectivity index (χ0v) is 29.2. The normalized spacial score (nSPS) is 11.4. The van der Waals surface area contributed by atoms with Gasteiger partial charge in [-0.3, -0.25) is 4.98 Å². The van der Waals surface area contributed by atoms with Gasteiger partial charge < -0.3 is 0 Å². The standard InChI is InChI=1S/C47H29N5S/c1-3-9-30(10-4-1)31-17-23-36(24-18-31)46-50-45(35-11-5-2-6-12-35)51-47(52-46)37-25-19-33(20-26-37)32-15-21-34(22-16-32)43-44-42(38-27-28-48-29-40(38)49-43)39-13-7-8-14-41(39)53-44/h1-29H. The molecule has 10 aromatic rings. The first-order valence-corrected chi connectivity index (χ1v) is 18.3. The Labute approximate surface area is 310 Å². The van der Waals surface area contributed by atoms with Crippen LogP contribution >= 0.6 is 11.3 Å². The van der Waals surface area contributed by atoms with Crippen LogP contribution in [0.1, 0.15) is 0 Å². The van der Waals surface area contributed by atoms with E-state index in [9.17, 15) is 0 Å². The SMILES string of the molecule is c1ccc(-c2ccc(-c3nc(-c4ccccc4)nc(-c4ccc(-c5ccc(-c6nc7cnccc7c7c6sc6ccccc67)cc5)cc4)n3)cc2)cc1. The van der Waals surface area contributed by atoms with E-state index in [0.717, 1.165) is 55.5 Å². The zero-order valence-electron chi connectivity index (χ0n) is 28.4. The van der Waals surface area contributed by atoms with Crippen molar-refractivity contribution in [2.75, 3.05) is 0 Å². The largest absolute Gasteiger partial charge is 0.262 e. The third kappa shape index (κ3) is 5.72. The topological polar surface area (TPSA) is 64.5 Å². The van der Waals surface area contributed by atoms with Crippen LogP contribution in [0.2, 0.25) is 0 Å². The lowest BCUT2D eigenvalue weighted by atomic mass is 10.00. The molecule has 6 aromatic carbocycles. The monoisotopic (exact) mass is 695 g/mol. The summed E-state index contributed by atoms with van der Waals surface area (Å²) in [4.78, 5) is 24.3. The molecule has 0 N–H and O–H groups in total. The molecule has 0 bridgehead atoms. The second-order valence-electron chi connectivity index (χ2n) is 12.9.